The van der Waals surface area contributed by atoms with Gasteiger partial charge in [0.2, 0.25) is 15.9 Å². The molecule has 2 rings (SSSR count). The maximum Gasteiger partial charge on any atom is 0.244 e. The largest absolute Gasteiger partial charge is 0.350 e. The smallest absolute Gasteiger partial charge is 0.244 e. The number of carbonyl (C=O) groups excluding carboxylic acids is 1. The molecule has 1 aliphatic heterocycles. The number of nitrogens with one attached hydrogen (secondary N) is 1. The highest BCUT2D eigenvalue weighted by Crippen LogP contribution is 2.23. The van der Waals surface area contributed by atoms with Crippen LogP contribution in [0.15, 0.2) is 24.3 Å². The van der Waals surface area contributed by atoms with Crippen molar-refractivity contribution in [1.29, 1.82) is 0 Å². The summed E-state index contributed by atoms with van der Waals surface area (Å²) in [6.45, 7) is 0.862. The van der Waals surface area contributed by atoms with Crippen molar-refractivity contribution >= 4 is 45.2 Å². The van der Waals surface area contributed by atoms with Crippen molar-refractivity contribution in [3.05, 3.63) is 39.9 Å². The Labute approximate surface area is 146 Å². The van der Waals surface area contributed by atoms with Crippen LogP contribution in [0.2, 0.25) is 10.0 Å². The normalized spacial score (nSPS) is 17.5. The van der Waals surface area contributed by atoms with Gasteiger partial charge in [0.05, 0.1) is 16.3 Å². The van der Waals surface area contributed by atoms with Crippen LogP contribution in [0.25, 0.3) is 6.08 Å². The van der Waals surface area contributed by atoms with Crippen molar-refractivity contribution in [3.8, 4) is 0 Å². The predicted octanol–water partition coefficient (Wildman–Crippen LogP) is 2.55. The van der Waals surface area contributed by atoms with E-state index in [1.54, 1.807) is 24.3 Å². The van der Waals surface area contributed by atoms with Gasteiger partial charge in [-0.25, -0.2) is 12.7 Å². The molecule has 0 saturated carbocycles. The van der Waals surface area contributed by atoms with Gasteiger partial charge in [0.1, 0.15) is 0 Å². The molecule has 0 atom stereocenters. The van der Waals surface area contributed by atoms with Crippen LogP contribution in [0.1, 0.15) is 18.4 Å². The van der Waals surface area contributed by atoms with E-state index in [1.807, 2.05) is 0 Å². The molecule has 1 aromatic carbocycles. The molecule has 0 bridgehead atoms. The lowest BCUT2D eigenvalue weighted by Crippen LogP contribution is -2.45. The number of hydrogen-bond donors (Lipinski definition) is 1. The fourth-order valence-corrected chi connectivity index (χ4v) is 3.55. The fraction of sp³-hybridized carbons (Fsp3) is 0.400. The molecule has 0 aliphatic carbocycles. The Bertz CT molecular complexity index is 711. The van der Waals surface area contributed by atoms with Crippen LogP contribution in [-0.4, -0.2) is 44.0 Å². The molecular formula is C15H18Cl2N2O3S. The van der Waals surface area contributed by atoms with Crippen molar-refractivity contribution in [2.24, 2.45) is 0 Å². The number of piperidine rings is 1. The van der Waals surface area contributed by atoms with Gasteiger partial charge in [0.25, 0.3) is 0 Å². The van der Waals surface area contributed by atoms with Crippen molar-refractivity contribution < 1.29 is 13.2 Å². The molecule has 1 amide bonds. The number of hydrogen-bond acceptors (Lipinski definition) is 3. The Morgan fingerprint density at radius 2 is 1.91 bits per heavy atom. The SMILES string of the molecule is CS(=O)(=O)N1CCC(NC(=O)/C=C/c2ccc(Cl)c(Cl)c2)CC1. The van der Waals surface area contributed by atoms with Crippen molar-refractivity contribution in [2.45, 2.75) is 18.9 Å². The standard InChI is InChI=1S/C15H18Cl2N2O3S/c1-23(21,22)19-8-6-12(7-9-19)18-15(20)5-3-11-2-4-13(16)14(17)10-11/h2-5,10,12H,6-9H2,1H3,(H,18,20)/b5-3+. The van der Waals surface area contributed by atoms with E-state index < -0.39 is 10.0 Å². The summed E-state index contributed by atoms with van der Waals surface area (Å²) in [4.78, 5) is 11.9. The zero-order chi connectivity index (χ0) is 17.0. The molecule has 1 heterocycles. The number of amides is 1. The molecule has 1 fully saturated rings. The van der Waals surface area contributed by atoms with Gasteiger partial charge in [-0.2, -0.15) is 0 Å². The Balaban J connectivity index is 1.86. The molecule has 0 spiro atoms. The van der Waals surface area contributed by atoms with Gasteiger partial charge >= 0.3 is 0 Å². The van der Waals surface area contributed by atoms with E-state index in [0.29, 0.717) is 36.0 Å². The summed E-state index contributed by atoms with van der Waals surface area (Å²) in [5, 5.41) is 3.78. The van der Waals surface area contributed by atoms with Crippen molar-refractivity contribution in [2.75, 3.05) is 19.3 Å². The third-order valence-corrected chi connectivity index (χ3v) is 5.68. The second-order valence-corrected chi connectivity index (χ2v) is 8.25. The second kappa shape index (κ2) is 7.66. The van der Waals surface area contributed by atoms with Gasteiger partial charge < -0.3 is 5.32 Å². The quantitative estimate of drug-likeness (QED) is 0.821. The third-order valence-electron chi connectivity index (χ3n) is 3.64. The minimum atomic E-state index is -3.15. The number of sulfonamides is 1. The monoisotopic (exact) mass is 376 g/mol. The highest BCUT2D eigenvalue weighted by atomic mass is 35.5. The molecule has 1 saturated heterocycles. The highest BCUT2D eigenvalue weighted by Gasteiger charge is 2.25. The van der Waals surface area contributed by atoms with E-state index in [1.165, 1.54) is 16.6 Å². The van der Waals surface area contributed by atoms with Crippen LogP contribution in [0.4, 0.5) is 0 Å². The molecular weight excluding hydrogens is 359 g/mol. The summed E-state index contributed by atoms with van der Waals surface area (Å²) >= 11 is 11.7. The first kappa shape index (κ1) is 18.3. The molecule has 1 aliphatic rings. The molecule has 23 heavy (non-hydrogen) atoms. The second-order valence-electron chi connectivity index (χ2n) is 5.45. The number of nitrogens with zero attached hydrogens (tertiary/aromatic N) is 1. The minimum absolute atomic E-state index is 0.0149. The summed E-state index contributed by atoms with van der Waals surface area (Å²) in [5.41, 5.74) is 0.779. The summed E-state index contributed by atoms with van der Waals surface area (Å²) in [5.74, 6) is -0.214. The van der Waals surface area contributed by atoms with E-state index >= 15 is 0 Å². The Morgan fingerprint density at radius 3 is 2.48 bits per heavy atom. The number of benzene rings is 1. The maximum absolute atomic E-state index is 11.9. The first-order valence-electron chi connectivity index (χ1n) is 7.14. The topological polar surface area (TPSA) is 66.5 Å². The molecule has 126 valence electrons. The molecule has 1 aromatic rings. The van der Waals surface area contributed by atoms with E-state index in [4.69, 9.17) is 23.2 Å². The molecule has 5 nitrogen and oxygen atoms in total. The lowest BCUT2D eigenvalue weighted by Gasteiger charge is -2.30. The van der Waals surface area contributed by atoms with E-state index in [-0.39, 0.29) is 11.9 Å². The van der Waals surface area contributed by atoms with Gasteiger partial charge in [0, 0.05) is 25.2 Å². The van der Waals surface area contributed by atoms with E-state index in [0.717, 1.165) is 5.56 Å². The number of carbonyl (C=O) groups is 1. The fourth-order valence-electron chi connectivity index (χ4n) is 2.37. The van der Waals surface area contributed by atoms with Crippen LogP contribution in [0.3, 0.4) is 0 Å². The van der Waals surface area contributed by atoms with Crippen LogP contribution in [0, 0.1) is 0 Å². The third kappa shape index (κ3) is 5.49. The first-order valence-corrected chi connectivity index (χ1v) is 9.75. The molecule has 1 N–H and O–H groups in total. The average Bonchev–Trinajstić information content (AvgIpc) is 2.48. The molecule has 0 radical (unpaired) electrons. The lowest BCUT2D eigenvalue weighted by atomic mass is 10.1. The predicted molar refractivity (Wildman–Crippen MR) is 93.1 cm³/mol. The van der Waals surface area contributed by atoms with E-state index in [2.05, 4.69) is 5.32 Å². The summed E-state index contributed by atoms with van der Waals surface area (Å²) < 4.78 is 24.3. The Kier molecular flexibility index (Phi) is 6.08. The van der Waals surface area contributed by atoms with Crippen LogP contribution < -0.4 is 5.32 Å². The molecule has 0 unspecified atom stereocenters. The maximum atomic E-state index is 11.9. The van der Waals surface area contributed by atoms with Gasteiger partial charge in [0.15, 0.2) is 0 Å². The lowest BCUT2D eigenvalue weighted by molar-refractivity contribution is -0.117. The molecule has 0 aromatic heterocycles. The average molecular weight is 377 g/mol. The number of rotatable bonds is 4. The zero-order valence-electron chi connectivity index (χ0n) is 12.6. The van der Waals surface area contributed by atoms with Crippen LogP contribution >= 0.6 is 23.2 Å². The van der Waals surface area contributed by atoms with Gasteiger partial charge in [-0.1, -0.05) is 29.3 Å². The minimum Gasteiger partial charge on any atom is -0.350 e. The number of halogens is 2. The van der Waals surface area contributed by atoms with Gasteiger partial charge in [-0.15, -0.1) is 0 Å². The summed E-state index contributed by atoms with van der Waals surface area (Å²) in [6.07, 6.45) is 5.51. The summed E-state index contributed by atoms with van der Waals surface area (Å²) in [7, 11) is -3.15. The first-order chi connectivity index (χ1) is 10.8. The van der Waals surface area contributed by atoms with Crippen LogP contribution in [-0.2, 0) is 14.8 Å². The van der Waals surface area contributed by atoms with Crippen molar-refractivity contribution in [1.82, 2.24) is 9.62 Å². The van der Waals surface area contributed by atoms with Crippen molar-refractivity contribution in [3.63, 3.8) is 0 Å². The van der Waals surface area contributed by atoms with Gasteiger partial charge in [-0.3, -0.25) is 4.79 Å². The molecule has 8 heteroatoms. The van der Waals surface area contributed by atoms with Crippen LogP contribution in [0.5, 0.6) is 0 Å². The van der Waals surface area contributed by atoms with E-state index in [9.17, 15) is 13.2 Å². The Morgan fingerprint density at radius 1 is 1.26 bits per heavy atom. The van der Waals surface area contributed by atoms with Gasteiger partial charge in [-0.05, 0) is 36.6 Å². The zero-order valence-corrected chi connectivity index (χ0v) is 15.0. The highest BCUT2D eigenvalue weighted by molar-refractivity contribution is 7.88. The summed E-state index contributed by atoms with van der Waals surface area (Å²) in [6, 6.07) is 5.10. The Hall–Kier alpha value is -1.08.